The van der Waals surface area contributed by atoms with Gasteiger partial charge < -0.3 is 9.84 Å². The molecule has 0 bridgehead atoms. The van der Waals surface area contributed by atoms with Gasteiger partial charge in [-0.05, 0) is 49.2 Å². The van der Waals surface area contributed by atoms with Crippen LogP contribution in [-0.2, 0) is 4.79 Å². The number of nitrogens with zero attached hydrogens (tertiary/aromatic N) is 2. The molecule has 2 aromatic carbocycles. The standard InChI is InChI=1S/C23H28N2O3/c1-4-11-24-14-18(3)25(15-17(24)2)23(19-7-5-9-21(27)12-19)20-8-6-10-22(13-20)28-16-26/h4-10,12-13,16-18,23,27H,1,11,14-15H2,2-3H3/t17-,18+,23+/m1/s1. The number of carbonyl (C=O) groups excluding carboxylic acids is 1. The van der Waals surface area contributed by atoms with Crippen LogP contribution >= 0.6 is 0 Å². The number of benzene rings is 2. The second-order valence-electron chi connectivity index (χ2n) is 7.42. The lowest BCUT2D eigenvalue weighted by Gasteiger charge is -2.47. The monoisotopic (exact) mass is 380 g/mol. The number of carbonyl (C=O) groups is 1. The lowest BCUT2D eigenvalue weighted by Crippen LogP contribution is -2.57. The van der Waals surface area contributed by atoms with Gasteiger partial charge in [0.1, 0.15) is 11.5 Å². The average Bonchev–Trinajstić information content (AvgIpc) is 2.67. The summed E-state index contributed by atoms with van der Waals surface area (Å²) in [6.07, 6.45) is 1.95. The van der Waals surface area contributed by atoms with Crippen LogP contribution in [-0.4, -0.2) is 53.1 Å². The number of rotatable bonds is 7. The molecule has 1 N–H and O–H groups in total. The van der Waals surface area contributed by atoms with Crippen molar-refractivity contribution in [1.82, 2.24) is 9.80 Å². The molecule has 2 aromatic rings. The van der Waals surface area contributed by atoms with Gasteiger partial charge in [0.25, 0.3) is 6.47 Å². The largest absolute Gasteiger partial charge is 0.508 e. The lowest BCUT2D eigenvalue weighted by molar-refractivity contribution is -0.120. The molecule has 0 amide bonds. The Kier molecular flexibility index (Phi) is 6.49. The Morgan fingerprint density at radius 1 is 1.14 bits per heavy atom. The summed E-state index contributed by atoms with van der Waals surface area (Å²) in [4.78, 5) is 15.7. The zero-order valence-corrected chi connectivity index (χ0v) is 16.5. The molecule has 5 nitrogen and oxygen atoms in total. The lowest BCUT2D eigenvalue weighted by atomic mass is 9.93. The maximum Gasteiger partial charge on any atom is 0.298 e. The van der Waals surface area contributed by atoms with E-state index in [1.165, 1.54) is 0 Å². The molecule has 0 radical (unpaired) electrons. The minimum atomic E-state index is -0.0503. The maximum absolute atomic E-state index is 10.8. The molecule has 3 atom stereocenters. The van der Waals surface area contributed by atoms with Crippen LogP contribution in [0.5, 0.6) is 11.5 Å². The molecule has 0 unspecified atom stereocenters. The number of ether oxygens (including phenoxy) is 1. The van der Waals surface area contributed by atoms with E-state index in [0.717, 1.165) is 30.8 Å². The summed E-state index contributed by atoms with van der Waals surface area (Å²) >= 11 is 0. The van der Waals surface area contributed by atoms with Crippen molar-refractivity contribution in [1.29, 1.82) is 0 Å². The summed E-state index contributed by atoms with van der Waals surface area (Å²) in [5, 5.41) is 10.1. The van der Waals surface area contributed by atoms with Crippen LogP contribution in [0.4, 0.5) is 0 Å². The molecule has 3 rings (SSSR count). The summed E-state index contributed by atoms with van der Waals surface area (Å²) in [5.74, 6) is 0.762. The molecule has 0 aromatic heterocycles. The van der Waals surface area contributed by atoms with Gasteiger partial charge in [-0.15, -0.1) is 6.58 Å². The highest BCUT2D eigenvalue weighted by atomic mass is 16.5. The van der Waals surface area contributed by atoms with Crippen molar-refractivity contribution < 1.29 is 14.6 Å². The highest BCUT2D eigenvalue weighted by Gasteiger charge is 2.34. The number of hydrogen-bond donors (Lipinski definition) is 1. The van der Waals surface area contributed by atoms with Crippen molar-refractivity contribution in [2.45, 2.75) is 32.0 Å². The fraction of sp³-hybridized carbons (Fsp3) is 0.348. The van der Waals surface area contributed by atoms with Crippen LogP contribution < -0.4 is 4.74 Å². The minimum absolute atomic E-state index is 0.0503. The van der Waals surface area contributed by atoms with E-state index in [1.54, 1.807) is 12.1 Å². The van der Waals surface area contributed by atoms with Crippen LogP contribution in [0.25, 0.3) is 0 Å². The Labute approximate surface area is 166 Å². The van der Waals surface area contributed by atoms with E-state index in [-0.39, 0.29) is 11.8 Å². The first kappa shape index (κ1) is 20.1. The molecule has 1 fully saturated rings. The van der Waals surface area contributed by atoms with Crippen molar-refractivity contribution in [3.05, 3.63) is 72.3 Å². The topological polar surface area (TPSA) is 53.0 Å². The average molecular weight is 380 g/mol. The second kappa shape index (κ2) is 9.04. The van der Waals surface area contributed by atoms with Crippen molar-refractivity contribution in [3.8, 4) is 11.5 Å². The van der Waals surface area contributed by atoms with Crippen LogP contribution in [0.1, 0.15) is 31.0 Å². The maximum atomic E-state index is 10.8. The highest BCUT2D eigenvalue weighted by molar-refractivity contribution is 5.47. The van der Waals surface area contributed by atoms with Crippen LogP contribution in [0, 0.1) is 0 Å². The van der Waals surface area contributed by atoms with Crippen molar-refractivity contribution in [2.24, 2.45) is 0 Å². The predicted molar refractivity (Wildman–Crippen MR) is 110 cm³/mol. The van der Waals surface area contributed by atoms with Crippen LogP contribution in [0.2, 0.25) is 0 Å². The molecule has 0 aliphatic carbocycles. The third-order valence-electron chi connectivity index (χ3n) is 5.40. The Hall–Kier alpha value is -2.63. The van der Waals surface area contributed by atoms with Crippen LogP contribution in [0.3, 0.4) is 0 Å². The van der Waals surface area contributed by atoms with Gasteiger partial charge in [-0.25, -0.2) is 0 Å². The molecule has 0 saturated carbocycles. The summed E-state index contributed by atoms with van der Waals surface area (Å²) < 4.78 is 5.07. The van der Waals surface area contributed by atoms with Crippen molar-refractivity contribution in [2.75, 3.05) is 19.6 Å². The normalized spacial score (nSPS) is 21.8. The molecular formula is C23H28N2O3. The molecule has 28 heavy (non-hydrogen) atoms. The smallest absolute Gasteiger partial charge is 0.298 e. The van der Waals surface area contributed by atoms with Crippen LogP contribution in [0.15, 0.2) is 61.2 Å². The molecule has 0 spiro atoms. The fourth-order valence-electron chi connectivity index (χ4n) is 4.09. The molecular weight excluding hydrogens is 352 g/mol. The number of phenolic OH excluding ortho intramolecular Hbond substituents is 1. The van der Waals surface area contributed by atoms with E-state index in [0.29, 0.717) is 24.3 Å². The van der Waals surface area contributed by atoms with Gasteiger partial charge in [-0.2, -0.15) is 0 Å². The minimum Gasteiger partial charge on any atom is -0.508 e. The quantitative estimate of drug-likeness (QED) is 0.588. The van der Waals surface area contributed by atoms with Gasteiger partial charge >= 0.3 is 0 Å². The summed E-state index contributed by atoms with van der Waals surface area (Å²) in [6, 6.07) is 15.6. The predicted octanol–water partition coefficient (Wildman–Crippen LogP) is 3.60. The first-order valence-electron chi connectivity index (χ1n) is 9.63. The summed E-state index contributed by atoms with van der Waals surface area (Å²) in [7, 11) is 0. The third-order valence-corrected chi connectivity index (χ3v) is 5.40. The Morgan fingerprint density at radius 3 is 2.54 bits per heavy atom. The van der Waals surface area contributed by atoms with Gasteiger partial charge in [-0.1, -0.05) is 30.3 Å². The molecule has 148 valence electrons. The molecule has 1 aliphatic rings. The Morgan fingerprint density at radius 2 is 1.86 bits per heavy atom. The van der Waals surface area contributed by atoms with E-state index in [4.69, 9.17) is 4.74 Å². The number of aromatic hydroxyl groups is 1. The first-order chi connectivity index (χ1) is 13.5. The van der Waals surface area contributed by atoms with Gasteiger partial charge in [0.2, 0.25) is 0 Å². The zero-order chi connectivity index (χ0) is 20.1. The molecule has 1 heterocycles. The summed E-state index contributed by atoms with van der Waals surface area (Å²) in [6.45, 7) is 11.5. The third kappa shape index (κ3) is 4.43. The van der Waals surface area contributed by atoms with Crippen molar-refractivity contribution >= 4 is 6.47 Å². The Balaban J connectivity index is 2.01. The van der Waals surface area contributed by atoms with Gasteiger partial charge in [0.05, 0.1) is 6.04 Å². The fourth-order valence-corrected chi connectivity index (χ4v) is 4.09. The number of piperazine rings is 1. The highest BCUT2D eigenvalue weighted by Crippen LogP contribution is 2.35. The number of phenols is 1. The van der Waals surface area contributed by atoms with Gasteiger partial charge in [-0.3, -0.25) is 14.6 Å². The Bertz CT molecular complexity index is 823. The second-order valence-corrected chi connectivity index (χ2v) is 7.42. The molecule has 1 aliphatic heterocycles. The summed E-state index contributed by atoms with van der Waals surface area (Å²) in [5.41, 5.74) is 2.04. The van der Waals surface area contributed by atoms with Crippen molar-refractivity contribution in [3.63, 3.8) is 0 Å². The number of hydrogen-bond acceptors (Lipinski definition) is 5. The zero-order valence-electron chi connectivity index (χ0n) is 16.5. The van der Waals surface area contributed by atoms with E-state index in [2.05, 4.69) is 30.2 Å². The van der Waals surface area contributed by atoms with E-state index >= 15 is 0 Å². The van der Waals surface area contributed by atoms with E-state index in [9.17, 15) is 9.90 Å². The van der Waals surface area contributed by atoms with Gasteiger partial charge in [0.15, 0.2) is 0 Å². The van der Waals surface area contributed by atoms with E-state index < -0.39 is 0 Å². The first-order valence-corrected chi connectivity index (χ1v) is 9.63. The van der Waals surface area contributed by atoms with Gasteiger partial charge in [0, 0.05) is 31.7 Å². The van der Waals surface area contributed by atoms with E-state index in [1.807, 2.05) is 42.5 Å². The molecule has 5 heteroatoms. The molecule has 1 saturated heterocycles. The SMILES string of the molecule is C=CCN1C[C@H](C)N([C@@H](c2cccc(O)c2)c2cccc(OC=O)c2)C[C@H]1C.